The van der Waals surface area contributed by atoms with Crippen LogP contribution in [-0.2, 0) is 20.0 Å². The summed E-state index contributed by atoms with van der Waals surface area (Å²) >= 11 is 11.8. The van der Waals surface area contributed by atoms with E-state index in [1.807, 2.05) is 0 Å². The first-order valence-electron chi connectivity index (χ1n) is 6.21. The zero-order valence-corrected chi connectivity index (χ0v) is 15.2. The highest BCUT2D eigenvalue weighted by Gasteiger charge is 2.23. The number of hydrogen-bond acceptors (Lipinski definition) is 5. The van der Waals surface area contributed by atoms with Gasteiger partial charge in [0.05, 0.1) is 9.92 Å². The van der Waals surface area contributed by atoms with Crippen molar-refractivity contribution in [3.05, 3.63) is 52.0 Å². The van der Waals surface area contributed by atoms with E-state index in [0.29, 0.717) is 10.6 Å². The van der Waals surface area contributed by atoms with Crippen LogP contribution in [0.1, 0.15) is 5.56 Å². The molecule has 0 aromatic heterocycles. The number of rotatable bonds is 4. The van der Waals surface area contributed by atoms with E-state index in [0.717, 1.165) is 12.3 Å². The van der Waals surface area contributed by atoms with E-state index in [4.69, 9.17) is 27.4 Å². The van der Waals surface area contributed by atoms with Crippen molar-refractivity contribution < 1.29 is 21.0 Å². The fraction of sp³-hybridized carbons (Fsp3) is 0.143. The molecule has 0 amide bonds. The highest BCUT2D eigenvalue weighted by molar-refractivity contribution is 7.90. The number of hydrogen-bond donors (Lipinski definition) is 0. The molecule has 0 heterocycles. The lowest BCUT2D eigenvalue weighted by Crippen LogP contribution is -2.11. The first-order valence-corrected chi connectivity index (χ1v) is 10.3. The summed E-state index contributed by atoms with van der Waals surface area (Å²) in [6.07, 6.45) is 0.968. The summed E-state index contributed by atoms with van der Waals surface area (Å²) in [6.45, 7) is 1.69. The average Bonchev–Trinajstić information content (AvgIpc) is 2.41. The summed E-state index contributed by atoms with van der Waals surface area (Å²) in [6, 6.07) is 7.73. The monoisotopic (exact) mass is 394 g/mol. The van der Waals surface area contributed by atoms with Crippen LogP contribution in [0.2, 0.25) is 10.0 Å². The molecule has 0 unspecified atom stereocenters. The number of aryl methyl sites for hydroxylation is 1. The Hall–Kier alpha value is -1.28. The van der Waals surface area contributed by atoms with Gasteiger partial charge in [0.15, 0.2) is 9.84 Å². The molecular formula is C14H12Cl2O5S2. The molecule has 2 aromatic rings. The van der Waals surface area contributed by atoms with Gasteiger partial charge in [-0.05, 0) is 48.9 Å². The largest absolute Gasteiger partial charge is 0.379 e. The predicted molar refractivity (Wildman–Crippen MR) is 88.6 cm³/mol. The summed E-state index contributed by atoms with van der Waals surface area (Å²) in [5, 5.41) is 0.329. The van der Waals surface area contributed by atoms with Gasteiger partial charge < -0.3 is 4.18 Å². The Kier molecular flexibility index (Phi) is 4.96. The third kappa shape index (κ3) is 4.17. The van der Waals surface area contributed by atoms with Gasteiger partial charge in [0.2, 0.25) is 0 Å². The van der Waals surface area contributed by atoms with Gasteiger partial charge in [0.1, 0.15) is 10.6 Å². The second-order valence-corrected chi connectivity index (χ2v) is 9.16. The van der Waals surface area contributed by atoms with E-state index in [9.17, 15) is 16.8 Å². The fourth-order valence-corrected chi connectivity index (χ4v) is 4.01. The van der Waals surface area contributed by atoms with E-state index in [2.05, 4.69) is 0 Å². The standard InChI is InChI=1S/C14H12Cl2O5S2/c1-9-7-10(3-5-12(9)15)21-23(19,20)14-8-11(22(2,17)18)4-6-13(14)16/h3-8H,1-2H3. The lowest BCUT2D eigenvalue weighted by atomic mass is 10.2. The second-order valence-electron chi connectivity index (χ2n) is 4.81. The molecule has 0 aliphatic heterocycles. The van der Waals surface area contributed by atoms with Crippen molar-refractivity contribution in [2.24, 2.45) is 0 Å². The summed E-state index contributed by atoms with van der Waals surface area (Å²) < 4.78 is 52.9. The van der Waals surface area contributed by atoms with Crippen LogP contribution in [0.25, 0.3) is 0 Å². The molecule has 0 spiro atoms. The van der Waals surface area contributed by atoms with Crippen molar-refractivity contribution in [1.29, 1.82) is 0 Å². The molecule has 0 aliphatic rings. The number of sulfone groups is 1. The molecule has 0 saturated carbocycles. The zero-order chi connectivity index (χ0) is 17.4. The lowest BCUT2D eigenvalue weighted by molar-refractivity contribution is 0.486. The Bertz CT molecular complexity index is 967. The SMILES string of the molecule is Cc1cc(OS(=O)(=O)c2cc(S(C)(=O)=O)ccc2Cl)ccc1Cl. The van der Waals surface area contributed by atoms with Gasteiger partial charge in [-0.25, -0.2) is 8.42 Å². The van der Waals surface area contributed by atoms with E-state index in [1.165, 1.54) is 30.3 Å². The minimum Gasteiger partial charge on any atom is -0.379 e. The summed E-state index contributed by atoms with van der Waals surface area (Å²) in [5.41, 5.74) is 0.635. The van der Waals surface area contributed by atoms with Crippen LogP contribution in [0, 0.1) is 6.92 Å². The molecule has 0 bridgehead atoms. The summed E-state index contributed by atoms with van der Waals surface area (Å²) in [5.74, 6) is 0.0488. The average molecular weight is 395 g/mol. The molecule has 0 aliphatic carbocycles. The number of benzene rings is 2. The molecule has 9 heteroatoms. The molecule has 0 N–H and O–H groups in total. The Morgan fingerprint density at radius 3 is 2.09 bits per heavy atom. The van der Waals surface area contributed by atoms with E-state index >= 15 is 0 Å². The van der Waals surface area contributed by atoms with Crippen molar-refractivity contribution in [3.63, 3.8) is 0 Å². The maximum Gasteiger partial charge on any atom is 0.340 e. The molecule has 2 rings (SSSR count). The van der Waals surface area contributed by atoms with Crippen molar-refractivity contribution in [1.82, 2.24) is 0 Å². The van der Waals surface area contributed by atoms with Crippen LogP contribution in [0.3, 0.4) is 0 Å². The van der Waals surface area contributed by atoms with Gasteiger partial charge in [-0.3, -0.25) is 0 Å². The Balaban J connectivity index is 2.49. The summed E-state index contributed by atoms with van der Waals surface area (Å²) in [4.78, 5) is -0.592. The van der Waals surface area contributed by atoms with Crippen molar-refractivity contribution in [2.75, 3.05) is 6.26 Å². The van der Waals surface area contributed by atoms with Gasteiger partial charge >= 0.3 is 10.1 Å². The lowest BCUT2D eigenvalue weighted by Gasteiger charge is -2.10. The molecule has 5 nitrogen and oxygen atoms in total. The van der Waals surface area contributed by atoms with Crippen LogP contribution in [-0.4, -0.2) is 23.1 Å². The van der Waals surface area contributed by atoms with Crippen molar-refractivity contribution in [3.8, 4) is 5.75 Å². The Morgan fingerprint density at radius 1 is 0.913 bits per heavy atom. The minimum absolute atomic E-state index is 0.0488. The maximum atomic E-state index is 12.4. The normalized spacial score (nSPS) is 12.2. The Labute approximate surface area is 144 Å². The van der Waals surface area contributed by atoms with Gasteiger partial charge in [-0.1, -0.05) is 23.2 Å². The molecule has 0 saturated heterocycles. The molecule has 23 heavy (non-hydrogen) atoms. The first kappa shape index (κ1) is 18.1. The highest BCUT2D eigenvalue weighted by atomic mass is 35.5. The van der Waals surface area contributed by atoms with E-state index < -0.39 is 24.9 Å². The van der Waals surface area contributed by atoms with Crippen LogP contribution in [0.5, 0.6) is 5.75 Å². The molecule has 0 atom stereocenters. The van der Waals surface area contributed by atoms with Crippen LogP contribution >= 0.6 is 23.2 Å². The topological polar surface area (TPSA) is 77.5 Å². The fourth-order valence-electron chi connectivity index (χ4n) is 1.75. The van der Waals surface area contributed by atoms with Crippen LogP contribution < -0.4 is 4.18 Å². The van der Waals surface area contributed by atoms with E-state index in [-0.39, 0.29) is 15.7 Å². The molecule has 0 radical (unpaired) electrons. The van der Waals surface area contributed by atoms with Gasteiger partial charge in [0, 0.05) is 11.3 Å². The number of halogens is 2. The van der Waals surface area contributed by atoms with Gasteiger partial charge in [0.25, 0.3) is 0 Å². The van der Waals surface area contributed by atoms with Gasteiger partial charge in [-0.2, -0.15) is 8.42 Å². The van der Waals surface area contributed by atoms with Crippen molar-refractivity contribution in [2.45, 2.75) is 16.7 Å². The van der Waals surface area contributed by atoms with Crippen molar-refractivity contribution >= 4 is 43.2 Å². The highest BCUT2D eigenvalue weighted by Crippen LogP contribution is 2.29. The second kappa shape index (κ2) is 6.32. The minimum atomic E-state index is -4.30. The molecule has 0 fully saturated rings. The van der Waals surface area contributed by atoms with E-state index in [1.54, 1.807) is 6.92 Å². The van der Waals surface area contributed by atoms with Gasteiger partial charge in [-0.15, -0.1) is 0 Å². The van der Waals surface area contributed by atoms with Crippen LogP contribution in [0.15, 0.2) is 46.2 Å². The third-order valence-corrected chi connectivity index (χ3v) is 6.20. The molecular weight excluding hydrogens is 383 g/mol. The maximum absolute atomic E-state index is 12.4. The first-order chi connectivity index (χ1) is 10.5. The quantitative estimate of drug-likeness (QED) is 0.741. The van der Waals surface area contributed by atoms with Crippen LogP contribution in [0.4, 0.5) is 0 Å². The zero-order valence-electron chi connectivity index (χ0n) is 12.1. The third-order valence-electron chi connectivity index (χ3n) is 2.94. The smallest absolute Gasteiger partial charge is 0.340 e. The Morgan fingerprint density at radius 2 is 1.52 bits per heavy atom. The predicted octanol–water partition coefficient (Wildman–Crippen LogP) is 3.47. The molecule has 124 valence electrons. The summed E-state index contributed by atoms with van der Waals surface area (Å²) in [7, 11) is -7.88. The molecule has 2 aromatic carbocycles.